The largest absolute Gasteiger partial charge is 0.366 e. The van der Waals surface area contributed by atoms with Crippen molar-refractivity contribution in [3.8, 4) is 0 Å². The van der Waals surface area contributed by atoms with Crippen LogP contribution in [0.25, 0.3) is 6.08 Å². The number of anilines is 1. The Balaban J connectivity index is 1.48. The summed E-state index contributed by atoms with van der Waals surface area (Å²) in [7, 11) is 0. The van der Waals surface area contributed by atoms with Crippen LogP contribution in [-0.4, -0.2) is 46.7 Å². The Kier molecular flexibility index (Phi) is 7.03. The first kappa shape index (κ1) is 18.9. The zero-order valence-corrected chi connectivity index (χ0v) is 15.4. The molecule has 1 aromatic heterocycles. The van der Waals surface area contributed by atoms with E-state index in [1.807, 2.05) is 12.1 Å². The number of piperidine rings is 1. The van der Waals surface area contributed by atoms with Crippen LogP contribution < -0.4 is 10.8 Å². The van der Waals surface area contributed by atoms with Crippen LogP contribution in [0.3, 0.4) is 0 Å². The number of amides is 1. The molecule has 26 heavy (non-hydrogen) atoms. The van der Waals surface area contributed by atoms with Gasteiger partial charge in [0.15, 0.2) is 0 Å². The van der Waals surface area contributed by atoms with E-state index in [0.717, 1.165) is 23.8 Å². The van der Waals surface area contributed by atoms with Crippen LogP contribution in [0, 0.1) is 5.92 Å². The number of nitrogens with one attached hydrogen (secondary N) is 2. The second-order valence-electron chi connectivity index (χ2n) is 7.53. The molecule has 1 aromatic rings. The van der Waals surface area contributed by atoms with Gasteiger partial charge < -0.3 is 10.2 Å². The molecule has 0 aromatic carbocycles. The molecule has 0 bridgehead atoms. The SMILES string of the molecule is O=C(/C=C/c1ccc(N[C@H]2CCCN(CC3CCCCC3)C2)nc1)NO. The summed E-state index contributed by atoms with van der Waals surface area (Å²) in [6.07, 6.45) is 14.1. The third-order valence-corrected chi connectivity index (χ3v) is 5.42. The van der Waals surface area contributed by atoms with Gasteiger partial charge in [-0.15, -0.1) is 0 Å². The second kappa shape index (κ2) is 9.69. The molecule has 1 aliphatic carbocycles. The highest BCUT2D eigenvalue weighted by molar-refractivity contribution is 5.90. The fourth-order valence-corrected chi connectivity index (χ4v) is 4.08. The van der Waals surface area contributed by atoms with Gasteiger partial charge in [0.25, 0.3) is 5.91 Å². The first-order chi connectivity index (χ1) is 12.7. The van der Waals surface area contributed by atoms with Crippen molar-refractivity contribution in [2.75, 3.05) is 25.0 Å². The number of carbonyl (C=O) groups is 1. The van der Waals surface area contributed by atoms with Crippen molar-refractivity contribution in [1.29, 1.82) is 0 Å². The summed E-state index contributed by atoms with van der Waals surface area (Å²) in [6.45, 7) is 3.57. The molecule has 2 fully saturated rings. The molecular formula is C20H30N4O2. The van der Waals surface area contributed by atoms with Crippen LogP contribution in [0.1, 0.15) is 50.5 Å². The fourth-order valence-electron chi connectivity index (χ4n) is 4.08. The summed E-state index contributed by atoms with van der Waals surface area (Å²) >= 11 is 0. The van der Waals surface area contributed by atoms with Gasteiger partial charge in [-0.25, -0.2) is 10.5 Å². The molecule has 1 saturated heterocycles. The van der Waals surface area contributed by atoms with E-state index in [9.17, 15) is 4.79 Å². The summed E-state index contributed by atoms with van der Waals surface area (Å²) in [5.74, 6) is 1.22. The first-order valence-electron chi connectivity index (χ1n) is 9.80. The highest BCUT2D eigenvalue weighted by Crippen LogP contribution is 2.26. The Labute approximate surface area is 155 Å². The van der Waals surface area contributed by atoms with Crippen molar-refractivity contribution >= 4 is 17.8 Å². The molecule has 2 heterocycles. The van der Waals surface area contributed by atoms with Crippen LogP contribution in [0.15, 0.2) is 24.4 Å². The van der Waals surface area contributed by atoms with Gasteiger partial charge in [0.2, 0.25) is 0 Å². The lowest BCUT2D eigenvalue weighted by atomic mass is 9.88. The van der Waals surface area contributed by atoms with Crippen molar-refractivity contribution in [3.63, 3.8) is 0 Å². The van der Waals surface area contributed by atoms with Gasteiger partial charge in [-0.3, -0.25) is 10.0 Å². The Morgan fingerprint density at radius 1 is 1.23 bits per heavy atom. The zero-order chi connectivity index (χ0) is 18.2. The minimum atomic E-state index is -0.549. The number of aromatic nitrogens is 1. The molecule has 1 saturated carbocycles. The van der Waals surface area contributed by atoms with E-state index in [-0.39, 0.29) is 0 Å². The van der Waals surface area contributed by atoms with Crippen molar-refractivity contribution in [2.45, 2.75) is 51.0 Å². The molecule has 6 heteroatoms. The van der Waals surface area contributed by atoms with E-state index in [0.29, 0.717) is 6.04 Å². The molecule has 0 spiro atoms. The van der Waals surface area contributed by atoms with Gasteiger partial charge in [-0.05, 0) is 61.9 Å². The highest BCUT2D eigenvalue weighted by Gasteiger charge is 2.23. The summed E-state index contributed by atoms with van der Waals surface area (Å²) in [5.41, 5.74) is 2.39. The van der Waals surface area contributed by atoms with E-state index in [1.54, 1.807) is 17.8 Å². The summed E-state index contributed by atoms with van der Waals surface area (Å²) in [5, 5.41) is 12.0. The van der Waals surface area contributed by atoms with Gasteiger partial charge in [-0.2, -0.15) is 0 Å². The van der Waals surface area contributed by atoms with Gasteiger partial charge >= 0.3 is 0 Å². The predicted octanol–water partition coefficient (Wildman–Crippen LogP) is 3.06. The lowest BCUT2D eigenvalue weighted by Gasteiger charge is -2.36. The predicted molar refractivity (Wildman–Crippen MR) is 103 cm³/mol. The molecular weight excluding hydrogens is 328 g/mol. The maximum Gasteiger partial charge on any atom is 0.267 e. The van der Waals surface area contributed by atoms with Crippen molar-refractivity contribution < 1.29 is 10.0 Å². The smallest absolute Gasteiger partial charge is 0.267 e. The van der Waals surface area contributed by atoms with E-state index in [4.69, 9.17) is 5.21 Å². The number of hydrogen-bond acceptors (Lipinski definition) is 5. The van der Waals surface area contributed by atoms with Gasteiger partial charge in [-0.1, -0.05) is 19.3 Å². The van der Waals surface area contributed by atoms with Crippen LogP contribution >= 0.6 is 0 Å². The molecule has 2 aliphatic rings. The van der Waals surface area contributed by atoms with E-state index < -0.39 is 5.91 Å². The van der Waals surface area contributed by atoms with E-state index in [1.165, 1.54) is 64.1 Å². The van der Waals surface area contributed by atoms with Crippen LogP contribution in [-0.2, 0) is 4.79 Å². The van der Waals surface area contributed by atoms with Crippen molar-refractivity contribution in [1.82, 2.24) is 15.4 Å². The minimum Gasteiger partial charge on any atom is -0.366 e. The fraction of sp³-hybridized carbons (Fsp3) is 0.600. The monoisotopic (exact) mass is 358 g/mol. The molecule has 3 rings (SSSR count). The summed E-state index contributed by atoms with van der Waals surface area (Å²) < 4.78 is 0. The highest BCUT2D eigenvalue weighted by atomic mass is 16.5. The molecule has 1 amide bonds. The number of pyridine rings is 1. The van der Waals surface area contributed by atoms with Crippen molar-refractivity contribution in [3.05, 3.63) is 30.0 Å². The molecule has 6 nitrogen and oxygen atoms in total. The Hall–Kier alpha value is -1.92. The Morgan fingerprint density at radius 3 is 2.81 bits per heavy atom. The second-order valence-corrected chi connectivity index (χ2v) is 7.53. The van der Waals surface area contributed by atoms with E-state index in [2.05, 4.69) is 15.2 Å². The maximum absolute atomic E-state index is 11.0. The van der Waals surface area contributed by atoms with Crippen molar-refractivity contribution in [2.24, 2.45) is 5.92 Å². The third-order valence-electron chi connectivity index (χ3n) is 5.42. The maximum atomic E-state index is 11.0. The number of rotatable bonds is 6. The summed E-state index contributed by atoms with van der Waals surface area (Å²) in [4.78, 5) is 18.1. The summed E-state index contributed by atoms with van der Waals surface area (Å²) in [6, 6.07) is 4.30. The first-order valence-corrected chi connectivity index (χ1v) is 9.80. The average Bonchev–Trinajstić information content (AvgIpc) is 2.68. The van der Waals surface area contributed by atoms with E-state index >= 15 is 0 Å². The van der Waals surface area contributed by atoms with Crippen LogP contribution in [0.5, 0.6) is 0 Å². The number of nitrogens with zero attached hydrogens (tertiary/aromatic N) is 2. The van der Waals surface area contributed by atoms with Gasteiger partial charge in [0.05, 0.1) is 0 Å². The molecule has 1 aliphatic heterocycles. The lowest BCUT2D eigenvalue weighted by molar-refractivity contribution is -0.124. The Morgan fingerprint density at radius 2 is 2.08 bits per heavy atom. The quantitative estimate of drug-likeness (QED) is 0.414. The topological polar surface area (TPSA) is 77.5 Å². The molecule has 0 unspecified atom stereocenters. The number of likely N-dealkylation sites (tertiary alicyclic amines) is 1. The van der Waals surface area contributed by atoms with Crippen LogP contribution in [0.2, 0.25) is 0 Å². The number of hydroxylamine groups is 1. The van der Waals surface area contributed by atoms with Crippen LogP contribution in [0.4, 0.5) is 5.82 Å². The number of carbonyl (C=O) groups excluding carboxylic acids is 1. The van der Waals surface area contributed by atoms with Gasteiger partial charge in [0.1, 0.15) is 5.82 Å². The van der Waals surface area contributed by atoms with Gasteiger partial charge in [0, 0.05) is 31.4 Å². The standard InChI is InChI=1S/C20H30N4O2/c25-20(23-26)11-9-16-8-10-19(21-13-16)22-18-7-4-12-24(15-18)14-17-5-2-1-3-6-17/h8-11,13,17-18,26H,1-7,12,14-15H2,(H,21,22)(H,23,25)/b11-9+/t18-/m0/s1. The molecule has 142 valence electrons. The minimum absolute atomic E-state index is 0.446. The lowest BCUT2D eigenvalue weighted by Crippen LogP contribution is -2.44. The Bertz CT molecular complexity index is 596. The normalized spacial score (nSPS) is 22.4. The molecule has 1 atom stereocenters. The molecule has 3 N–H and O–H groups in total. The zero-order valence-electron chi connectivity index (χ0n) is 15.4. The number of hydrogen-bond donors (Lipinski definition) is 3. The molecule has 0 radical (unpaired) electrons. The third kappa shape index (κ3) is 5.81. The average molecular weight is 358 g/mol.